The molecule has 6 nitrogen and oxygen atoms in total. The molecule has 6 heterocycles. The van der Waals surface area contributed by atoms with Crippen molar-refractivity contribution in [1.29, 1.82) is 0 Å². The molecule has 8 bridgehead atoms. The van der Waals surface area contributed by atoms with Gasteiger partial charge in [-0.25, -0.2) is 0 Å². The number of benzene rings is 2. The van der Waals surface area contributed by atoms with Crippen molar-refractivity contribution < 1.29 is 9.47 Å². The van der Waals surface area contributed by atoms with Crippen LogP contribution in [0.5, 0.6) is 0 Å². The van der Waals surface area contributed by atoms with Gasteiger partial charge in [0.05, 0.1) is 49.2 Å². The van der Waals surface area contributed by atoms with Crippen LogP contribution in [0, 0.1) is 0 Å². The summed E-state index contributed by atoms with van der Waals surface area (Å²) in [6.45, 7) is 5.09. The molecule has 36 heavy (non-hydrogen) atoms. The van der Waals surface area contributed by atoms with E-state index in [0.29, 0.717) is 26.4 Å². The van der Waals surface area contributed by atoms with Gasteiger partial charge in [-0.15, -0.1) is 0 Å². The van der Waals surface area contributed by atoms with Crippen molar-refractivity contribution in [3.05, 3.63) is 130 Å². The zero-order valence-electron chi connectivity index (χ0n) is 20.5. The molecule has 4 aromatic rings. The Balaban J connectivity index is 1.26. The lowest BCUT2D eigenvalue weighted by Gasteiger charge is -2.10. The summed E-state index contributed by atoms with van der Waals surface area (Å²) < 4.78 is 11.8. The van der Waals surface area contributed by atoms with Crippen LogP contribution >= 0.6 is 0 Å². The minimum Gasteiger partial charge on any atom is -0.370 e. The van der Waals surface area contributed by atoms with Crippen LogP contribution in [-0.4, -0.2) is 9.97 Å². The predicted molar refractivity (Wildman–Crippen MR) is 139 cm³/mol. The van der Waals surface area contributed by atoms with Gasteiger partial charge >= 0.3 is 0 Å². The molecule has 4 aliphatic rings. The quantitative estimate of drug-likeness (QED) is 0.377. The van der Waals surface area contributed by atoms with Crippen LogP contribution in [0.4, 0.5) is 0 Å². The lowest BCUT2D eigenvalue weighted by atomic mass is 10.1. The van der Waals surface area contributed by atoms with Crippen molar-refractivity contribution in [2.24, 2.45) is 0 Å². The summed E-state index contributed by atoms with van der Waals surface area (Å²) in [5.41, 5.74) is 8.67. The summed E-state index contributed by atoms with van der Waals surface area (Å²) in [7, 11) is 0. The molecule has 2 N–H and O–H groups in total. The van der Waals surface area contributed by atoms with E-state index < -0.39 is 0 Å². The molecule has 0 amide bonds. The molecule has 6 heteroatoms. The van der Waals surface area contributed by atoms with E-state index in [2.05, 4.69) is 82.3 Å². The summed E-state index contributed by atoms with van der Waals surface area (Å²) in [4.78, 5) is 9.47. The number of hydrogen-bond donors (Lipinski definition) is 2. The first-order chi connectivity index (χ1) is 17.8. The van der Waals surface area contributed by atoms with E-state index in [-0.39, 0.29) is 0 Å². The highest BCUT2D eigenvalue weighted by molar-refractivity contribution is 5.23. The molecular weight excluding hydrogens is 448 g/mol. The third-order valence-electron chi connectivity index (χ3n) is 6.08. The van der Waals surface area contributed by atoms with E-state index in [1.165, 1.54) is 11.1 Å². The van der Waals surface area contributed by atoms with Crippen LogP contribution < -0.4 is 10.6 Å². The number of hydrogen-bond acceptors (Lipinski definition) is 6. The van der Waals surface area contributed by atoms with E-state index in [1.807, 2.05) is 18.2 Å². The van der Waals surface area contributed by atoms with Gasteiger partial charge in [-0.05, 0) is 46.5 Å². The molecule has 0 radical (unpaired) electrons. The number of nitrogens with zero attached hydrogens (tertiary/aromatic N) is 2. The lowest BCUT2D eigenvalue weighted by Crippen LogP contribution is -2.16. The molecule has 0 aliphatic carbocycles. The second-order valence-corrected chi connectivity index (χ2v) is 9.07. The van der Waals surface area contributed by atoms with Gasteiger partial charge in [0, 0.05) is 26.2 Å². The smallest absolute Gasteiger partial charge is 0.0892 e. The topological polar surface area (TPSA) is 68.3 Å². The normalized spacial score (nSPS) is 15.6. The SMILES string of the molecule is c1cc2nc(c1)CNCc1ccc(cc1)COCc1cccc(n1)COCc1ccc(cc1)CNC2. The first kappa shape index (κ1) is 24.3. The predicted octanol–water partition coefficient (Wildman–Crippen LogP) is 4.80. The molecule has 8 rings (SSSR count). The van der Waals surface area contributed by atoms with Crippen molar-refractivity contribution in [2.75, 3.05) is 0 Å². The van der Waals surface area contributed by atoms with E-state index in [1.54, 1.807) is 0 Å². The molecule has 0 saturated carbocycles. The summed E-state index contributed by atoms with van der Waals surface area (Å²) in [6, 6.07) is 29.3. The van der Waals surface area contributed by atoms with Gasteiger partial charge in [0.1, 0.15) is 0 Å². The second-order valence-electron chi connectivity index (χ2n) is 9.07. The Bertz CT molecular complexity index is 1060. The number of ether oxygens (including phenoxy) is 2. The summed E-state index contributed by atoms with van der Waals surface area (Å²) in [5.74, 6) is 0. The zero-order chi connectivity index (χ0) is 24.4. The highest BCUT2D eigenvalue weighted by Crippen LogP contribution is 2.11. The van der Waals surface area contributed by atoms with Gasteiger partial charge in [-0.2, -0.15) is 0 Å². The van der Waals surface area contributed by atoms with E-state index >= 15 is 0 Å². The van der Waals surface area contributed by atoms with E-state index in [4.69, 9.17) is 14.5 Å². The molecule has 0 unspecified atom stereocenters. The first-order valence-electron chi connectivity index (χ1n) is 12.4. The summed E-state index contributed by atoms with van der Waals surface area (Å²) in [6.07, 6.45) is 0. The molecule has 4 aliphatic heterocycles. The van der Waals surface area contributed by atoms with Crippen molar-refractivity contribution in [2.45, 2.75) is 52.6 Å². The maximum atomic E-state index is 5.92. The zero-order valence-corrected chi connectivity index (χ0v) is 20.5. The minimum absolute atomic E-state index is 0.471. The Morgan fingerprint density at radius 2 is 0.806 bits per heavy atom. The van der Waals surface area contributed by atoms with Gasteiger partial charge in [0.15, 0.2) is 0 Å². The van der Waals surface area contributed by atoms with Gasteiger partial charge in [0.2, 0.25) is 0 Å². The lowest BCUT2D eigenvalue weighted by molar-refractivity contribution is 0.0980. The Morgan fingerprint density at radius 1 is 0.417 bits per heavy atom. The van der Waals surface area contributed by atoms with Crippen LogP contribution in [0.1, 0.15) is 45.0 Å². The third kappa shape index (κ3) is 7.29. The highest BCUT2D eigenvalue weighted by Gasteiger charge is 2.04. The third-order valence-corrected chi connectivity index (χ3v) is 6.08. The van der Waals surface area contributed by atoms with Crippen LogP contribution in [0.15, 0.2) is 84.9 Å². The number of pyridine rings is 2. The fraction of sp³-hybridized carbons (Fsp3) is 0.267. The number of aromatic nitrogens is 2. The van der Waals surface area contributed by atoms with Crippen molar-refractivity contribution in [3.8, 4) is 0 Å². The average Bonchev–Trinajstić information content (AvgIpc) is 2.91. The minimum atomic E-state index is 0.471. The fourth-order valence-electron chi connectivity index (χ4n) is 4.14. The Labute approximate surface area is 212 Å². The molecular formula is C30H32N4O2. The first-order valence-corrected chi connectivity index (χ1v) is 12.4. The number of rotatable bonds is 0. The molecule has 0 atom stereocenters. The van der Waals surface area contributed by atoms with Crippen LogP contribution in [0.25, 0.3) is 0 Å². The maximum Gasteiger partial charge on any atom is 0.0892 e. The van der Waals surface area contributed by atoms with Crippen molar-refractivity contribution >= 4 is 0 Å². The molecule has 184 valence electrons. The van der Waals surface area contributed by atoms with Gasteiger partial charge in [-0.1, -0.05) is 60.7 Å². The fourth-order valence-corrected chi connectivity index (χ4v) is 4.14. The van der Waals surface area contributed by atoms with Crippen LogP contribution in [-0.2, 0) is 62.1 Å². The van der Waals surface area contributed by atoms with E-state index in [9.17, 15) is 0 Å². The Morgan fingerprint density at radius 3 is 1.28 bits per heavy atom. The van der Waals surface area contributed by atoms with E-state index in [0.717, 1.165) is 60.1 Å². The van der Waals surface area contributed by atoms with Gasteiger partial charge in [-0.3, -0.25) is 9.97 Å². The number of nitrogens with one attached hydrogen (secondary N) is 2. The average molecular weight is 481 g/mol. The summed E-state index contributed by atoms with van der Waals surface area (Å²) >= 11 is 0. The molecule has 0 fully saturated rings. The maximum absolute atomic E-state index is 5.92. The van der Waals surface area contributed by atoms with Gasteiger partial charge in [0.25, 0.3) is 0 Å². The monoisotopic (exact) mass is 480 g/mol. The van der Waals surface area contributed by atoms with Crippen LogP contribution in [0.3, 0.4) is 0 Å². The molecule has 0 spiro atoms. The Hall–Kier alpha value is -3.42. The molecule has 0 saturated heterocycles. The van der Waals surface area contributed by atoms with Crippen molar-refractivity contribution in [3.63, 3.8) is 0 Å². The summed E-state index contributed by atoms with van der Waals surface area (Å²) in [5, 5.41) is 7.00. The second kappa shape index (κ2) is 12.5. The van der Waals surface area contributed by atoms with Gasteiger partial charge < -0.3 is 20.1 Å². The standard InChI is InChI=1S/C30H32N4O2/c1-3-27-17-31-15-23-7-11-25(12-8-23)19-35-21-29-5-2-6-30(34-29)22-36-20-26-13-9-24(10-14-26)16-32-18-28(4-1)33-27/h1-14,31-32H,15-22H2. The van der Waals surface area contributed by atoms with Crippen molar-refractivity contribution in [1.82, 2.24) is 20.6 Å². The largest absolute Gasteiger partial charge is 0.370 e. The molecule has 2 aromatic carbocycles. The van der Waals surface area contributed by atoms with Crippen LogP contribution in [0.2, 0.25) is 0 Å². The Kier molecular flexibility index (Phi) is 8.44. The molecule has 2 aromatic heterocycles. The highest BCUT2D eigenvalue weighted by atomic mass is 16.5.